The second kappa shape index (κ2) is 9.76. The van der Waals surface area contributed by atoms with Gasteiger partial charge >= 0.3 is 0 Å². The lowest BCUT2D eigenvalue weighted by Crippen LogP contribution is -2.36. The molecule has 8 heteroatoms. The standard InChI is InChI=1S/C24H28N6O2/c1-16-15-26-24(28-20-7-9-21(10-8-20)30-11-13-32-14-12-30)29-22(16)18-3-5-19(6-4-18)27-23(31)17(2)25/h3-10,15,17H,11-14,25H2,1-2H3,(H,27,31)(H,26,28,29). The highest BCUT2D eigenvalue weighted by Crippen LogP contribution is 2.25. The average molecular weight is 433 g/mol. The summed E-state index contributed by atoms with van der Waals surface area (Å²) in [7, 11) is 0. The first-order valence-electron chi connectivity index (χ1n) is 10.7. The molecule has 1 aliphatic heterocycles. The SMILES string of the molecule is Cc1cnc(Nc2ccc(N3CCOCC3)cc2)nc1-c1ccc(NC(=O)C(C)N)cc1. The summed E-state index contributed by atoms with van der Waals surface area (Å²) in [5.41, 5.74) is 11.1. The van der Waals surface area contributed by atoms with Crippen LogP contribution in [0.5, 0.6) is 0 Å². The number of hydrogen-bond acceptors (Lipinski definition) is 7. The number of carbonyl (C=O) groups is 1. The zero-order valence-corrected chi connectivity index (χ0v) is 18.3. The highest BCUT2D eigenvalue weighted by Gasteiger charge is 2.12. The zero-order chi connectivity index (χ0) is 22.5. The molecule has 2 heterocycles. The molecule has 1 aliphatic rings. The van der Waals surface area contributed by atoms with Crippen molar-refractivity contribution in [3.63, 3.8) is 0 Å². The third kappa shape index (κ3) is 5.22. The summed E-state index contributed by atoms with van der Waals surface area (Å²) in [5.74, 6) is 0.307. The molecule has 4 N–H and O–H groups in total. The van der Waals surface area contributed by atoms with Crippen molar-refractivity contribution in [1.82, 2.24) is 9.97 Å². The third-order valence-corrected chi connectivity index (χ3v) is 5.31. The van der Waals surface area contributed by atoms with Gasteiger partial charge in [-0.15, -0.1) is 0 Å². The lowest BCUT2D eigenvalue weighted by molar-refractivity contribution is -0.117. The van der Waals surface area contributed by atoms with Crippen LogP contribution in [-0.4, -0.2) is 48.2 Å². The molecule has 1 amide bonds. The first-order valence-corrected chi connectivity index (χ1v) is 10.7. The van der Waals surface area contributed by atoms with Crippen molar-refractivity contribution in [2.75, 3.05) is 41.8 Å². The molecule has 3 aromatic rings. The summed E-state index contributed by atoms with van der Waals surface area (Å²) in [4.78, 5) is 23.2. The Balaban J connectivity index is 1.47. The average Bonchev–Trinajstić information content (AvgIpc) is 2.82. The largest absolute Gasteiger partial charge is 0.378 e. The number of anilines is 4. The number of ether oxygens (including phenoxy) is 1. The van der Waals surface area contributed by atoms with Crippen molar-refractivity contribution in [1.29, 1.82) is 0 Å². The Hall–Kier alpha value is -3.49. The molecular formula is C24H28N6O2. The second-order valence-electron chi connectivity index (χ2n) is 7.85. The molecule has 8 nitrogen and oxygen atoms in total. The van der Waals surface area contributed by atoms with Crippen LogP contribution in [0, 0.1) is 6.92 Å². The van der Waals surface area contributed by atoms with Crippen LogP contribution in [0.25, 0.3) is 11.3 Å². The molecule has 1 unspecified atom stereocenters. The predicted octanol–water partition coefficient (Wildman–Crippen LogP) is 3.32. The number of nitrogens with zero attached hydrogens (tertiary/aromatic N) is 3. The topological polar surface area (TPSA) is 105 Å². The molecule has 166 valence electrons. The normalized spacial score (nSPS) is 14.7. The van der Waals surface area contributed by atoms with E-state index in [2.05, 4.69) is 32.7 Å². The fourth-order valence-electron chi connectivity index (χ4n) is 3.47. The Bertz CT molecular complexity index is 1060. The van der Waals surface area contributed by atoms with Crippen LogP contribution in [0.1, 0.15) is 12.5 Å². The van der Waals surface area contributed by atoms with Gasteiger partial charge in [0.1, 0.15) is 0 Å². The first kappa shape index (κ1) is 21.7. The Morgan fingerprint density at radius 2 is 1.72 bits per heavy atom. The van der Waals surface area contributed by atoms with E-state index in [0.717, 1.165) is 48.8 Å². The van der Waals surface area contributed by atoms with Gasteiger partial charge in [0.2, 0.25) is 11.9 Å². The number of carbonyl (C=O) groups excluding carboxylic acids is 1. The van der Waals surface area contributed by atoms with E-state index in [1.165, 1.54) is 5.69 Å². The summed E-state index contributed by atoms with van der Waals surface area (Å²) in [6.07, 6.45) is 1.80. The van der Waals surface area contributed by atoms with Crippen LogP contribution in [0.2, 0.25) is 0 Å². The van der Waals surface area contributed by atoms with E-state index in [-0.39, 0.29) is 5.91 Å². The van der Waals surface area contributed by atoms with Gasteiger partial charge in [-0.3, -0.25) is 4.79 Å². The van der Waals surface area contributed by atoms with Gasteiger partial charge < -0.3 is 26.0 Å². The van der Waals surface area contributed by atoms with Gasteiger partial charge in [-0.25, -0.2) is 9.97 Å². The molecule has 1 aromatic heterocycles. The highest BCUT2D eigenvalue weighted by molar-refractivity contribution is 5.94. The van der Waals surface area contributed by atoms with Crippen LogP contribution < -0.4 is 21.3 Å². The summed E-state index contributed by atoms with van der Waals surface area (Å²) in [6.45, 7) is 6.97. The number of rotatable bonds is 6. The Labute approximate surface area is 187 Å². The number of aryl methyl sites for hydroxylation is 1. The van der Waals surface area contributed by atoms with Crippen LogP contribution in [0.3, 0.4) is 0 Å². The van der Waals surface area contributed by atoms with E-state index in [1.54, 1.807) is 13.1 Å². The molecule has 0 radical (unpaired) electrons. The molecule has 1 atom stereocenters. The summed E-state index contributed by atoms with van der Waals surface area (Å²) < 4.78 is 5.42. The van der Waals surface area contributed by atoms with Gasteiger partial charge in [0.15, 0.2) is 0 Å². The number of benzene rings is 2. The van der Waals surface area contributed by atoms with Gasteiger partial charge in [-0.1, -0.05) is 12.1 Å². The molecule has 2 aromatic carbocycles. The van der Waals surface area contributed by atoms with Gasteiger partial charge in [0, 0.05) is 41.9 Å². The number of morpholine rings is 1. The Kier molecular flexibility index (Phi) is 6.63. The number of nitrogens with one attached hydrogen (secondary N) is 2. The summed E-state index contributed by atoms with van der Waals surface area (Å²) in [6, 6.07) is 15.2. The number of amides is 1. The van der Waals surface area contributed by atoms with Crippen molar-refractivity contribution in [2.24, 2.45) is 5.73 Å². The maximum absolute atomic E-state index is 11.8. The van der Waals surface area contributed by atoms with Gasteiger partial charge in [0.25, 0.3) is 0 Å². The van der Waals surface area contributed by atoms with Crippen molar-refractivity contribution in [2.45, 2.75) is 19.9 Å². The molecule has 0 aliphatic carbocycles. The third-order valence-electron chi connectivity index (χ3n) is 5.31. The zero-order valence-electron chi connectivity index (χ0n) is 18.3. The van der Waals surface area contributed by atoms with Gasteiger partial charge in [-0.2, -0.15) is 0 Å². The number of aromatic nitrogens is 2. The molecule has 1 fully saturated rings. The van der Waals surface area contributed by atoms with Gasteiger partial charge in [-0.05, 0) is 55.8 Å². The smallest absolute Gasteiger partial charge is 0.240 e. The Morgan fingerprint density at radius 1 is 1.06 bits per heavy atom. The summed E-state index contributed by atoms with van der Waals surface area (Å²) in [5, 5.41) is 6.07. The quantitative estimate of drug-likeness (QED) is 0.549. The molecule has 0 spiro atoms. The maximum atomic E-state index is 11.8. The minimum Gasteiger partial charge on any atom is -0.378 e. The van der Waals surface area contributed by atoms with Crippen molar-refractivity contribution >= 4 is 28.9 Å². The lowest BCUT2D eigenvalue weighted by atomic mass is 10.1. The van der Waals surface area contributed by atoms with E-state index in [9.17, 15) is 4.79 Å². The molecule has 0 bridgehead atoms. The van der Waals surface area contributed by atoms with Crippen LogP contribution in [-0.2, 0) is 9.53 Å². The molecule has 32 heavy (non-hydrogen) atoms. The predicted molar refractivity (Wildman–Crippen MR) is 127 cm³/mol. The fraction of sp³-hybridized carbons (Fsp3) is 0.292. The Morgan fingerprint density at radius 3 is 2.38 bits per heavy atom. The van der Waals surface area contributed by atoms with Crippen LogP contribution in [0.15, 0.2) is 54.7 Å². The lowest BCUT2D eigenvalue weighted by Gasteiger charge is -2.28. The van der Waals surface area contributed by atoms with Crippen molar-refractivity contribution in [3.8, 4) is 11.3 Å². The van der Waals surface area contributed by atoms with E-state index in [0.29, 0.717) is 11.6 Å². The highest BCUT2D eigenvalue weighted by atomic mass is 16.5. The molecule has 0 saturated carbocycles. The van der Waals surface area contributed by atoms with E-state index >= 15 is 0 Å². The van der Waals surface area contributed by atoms with Crippen molar-refractivity contribution in [3.05, 3.63) is 60.3 Å². The maximum Gasteiger partial charge on any atom is 0.240 e. The molecule has 1 saturated heterocycles. The minimum atomic E-state index is -0.560. The van der Waals surface area contributed by atoms with E-state index in [4.69, 9.17) is 15.5 Å². The van der Waals surface area contributed by atoms with Crippen molar-refractivity contribution < 1.29 is 9.53 Å². The molecular weight excluding hydrogens is 404 g/mol. The van der Waals surface area contributed by atoms with Gasteiger partial charge in [0.05, 0.1) is 24.9 Å². The monoisotopic (exact) mass is 432 g/mol. The fourth-order valence-corrected chi connectivity index (χ4v) is 3.47. The molecule has 4 rings (SSSR count). The number of hydrogen-bond donors (Lipinski definition) is 3. The van der Waals surface area contributed by atoms with E-state index < -0.39 is 6.04 Å². The van der Waals surface area contributed by atoms with Crippen LogP contribution in [0.4, 0.5) is 23.0 Å². The van der Waals surface area contributed by atoms with E-state index in [1.807, 2.05) is 43.3 Å². The minimum absolute atomic E-state index is 0.220. The van der Waals surface area contributed by atoms with Crippen LogP contribution >= 0.6 is 0 Å². The first-order chi connectivity index (χ1) is 15.5. The second-order valence-corrected chi connectivity index (χ2v) is 7.85. The number of nitrogens with two attached hydrogens (primary N) is 1. The summed E-state index contributed by atoms with van der Waals surface area (Å²) >= 11 is 0.